The molecule has 142 valence electrons. The number of hydrogen-bond acceptors (Lipinski definition) is 5. The zero-order valence-electron chi connectivity index (χ0n) is 15.0. The fraction of sp³-hybridized carbons (Fsp3) is 0.400. The smallest absolute Gasteiger partial charge is 0.287 e. The number of amides is 2. The van der Waals surface area contributed by atoms with E-state index in [1.165, 1.54) is 6.26 Å². The summed E-state index contributed by atoms with van der Waals surface area (Å²) in [7, 11) is 0. The Morgan fingerprint density at radius 2 is 1.96 bits per heavy atom. The van der Waals surface area contributed by atoms with E-state index in [-0.39, 0.29) is 30.2 Å². The van der Waals surface area contributed by atoms with E-state index < -0.39 is 0 Å². The van der Waals surface area contributed by atoms with Gasteiger partial charge in [-0.3, -0.25) is 9.59 Å². The highest BCUT2D eigenvalue weighted by Gasteiger charge is 2.31. The molecule has 2 aliphatic rings. The van der Waals surface area contributed by atoms with Crippen molar-refractivity contribution >= 4 is 11.8 Å². The van der Waals surface area contributed by atoms with Gasteiger partial charge in [-0.1, -0.05) is 6.07 Å². The first-order valence-corrected chi connectivity index (χ1v) is 9.23. The summed E-state index contributed by atoms with van der Waals surface area (Å²) in [6.07, 6.45) is 4.10. The lowest BCUT2D eigenvalue weighted by atomic mass is 10.0. The molecule has 27 heavy (non-hydrogen) atoms. The third-order valence-electron chi connectivity index (χ3n) is 4.87. The summed E-state index contributed by atoms with van der Waals surface area (Å²) in [5.41, 5.74) is 1.03. The quantitative estimate of drug-likeness (QED) is 0.894. The summed E-state index contributed by atoms with van der Waals surface area (Å²) < 4.78 is 16.5. The lowest BCUT2D eigenvalue weighted by molar-refractivity contribution is -0.131. The van der Waals surface area contributed by atoms with Gasteiger partial charge < -0.3 is 24.1 Å². The van der Waals surface area contributed by atoms with Gasteiger partial charge in [0, 0.05) is 13.0 Å². The number of hydrogen-bond donors (Lipinski definition) is 1. The van der Waals surface area contributed by atoms with Crippen LogP contribution in [0.15, 0.2) is 41.0 Å². The molecule has 1 aromatic heterocycles. The van der Waals surface area contributed by atoms with Crippen molar-refractivity contribution in [1.82, 2.24) is 10.2 Å². The normalized spacial score (nSPS) is 18.8. The Balaban J connectivity index is 1.43. The SMILES string of the molecule is O=C(NCC(=O)N1CCC[C@@H]1c1ccc2c(c1)OCCCO2)c1ccco1. The van der Waals surface area contributed by atoms with Gasteiger partial charge in [0.15, 0.2) is 17.3 Å². The first-order valence-electron chi connectivity index (χ1n) is 9.23. The lowest BCUT2D eigenvalue weighted by Crippen LogP contribution is -2.39. The minimum Gasteiger partial charge on any atom is -0.490 e. The maximum absolute atomic E-state index is 12.7. The molecule has 0 saturated carbocycles. The monoisotopic (exact) mass is 370 g/mol. The molecule has 0 radical (unpaired) electrons. The van der Waals surface area contributed by atoms with Gasteiger partial charge in [0.25, 0.3) is 5.91 Å². The molecule has 7 heteroatoms. The lowest BCUT2D eigenvalue weighted by Gasteiger charge is -2.25. The summed E-state index contributed by atoms with van der Waals surface area (Å²) in [4.78, 5) is 26.5. The average molecular weight is 370 g/mol. The Morgan fingerprint density at radius 1 is 1.11 bits per heavy atom. The zero-order valence-corrected chi connectivity index (χ0v) is 15.0. The van der Waals surface area contributed by atoms with Crippen LogP contribution in [0.1, 0.15) is 41.4 Å². The summed E-state index contributed by atoms with van der Waals surface area (Å²) >= 11 is 0. The molecule has 1 atom stereocenters. The van der Waals surface area contributed by atoms with Crippen molar-refractivity contribution in [1.29, 1.82) is 0 Å². The molecule has 0 bridgehead atoms. The molecule has 1 fully saturated rings. The second kappa shape index (κ2) is 7.73. The maximum Gasteiger partial charge on any atom is 0.287 e. The van der Waals surface area contributed by atoms with E-state index >= 15 is 0 Å². The van der Waals surface area contributed by atoms with Gasteiger partial charge in [-0.25, -0.2) is 0 Å². The highest BCUT2D eigenvalue weighted by molar-refractivity contribution is 5.94. The standard InChI is InChI=1S/C20H22N2O5/c23-19(13-21-20(24)17-5-2-9-26-17)22-8-1-4-15(22)14-6-7-16-18(12-14)27-11-3-10-25-16/h2,5-7,9,12,15H,1,3-4,8,10-11,13H2,(H,21,24)/t15-/m1/s1. The molecule has 4 rings (SSSR count). The van der Waals surface area contributed by atoms with Crippen LogP contribution in [0, 0.1) is 0 Å². The fourth-order valence-corrected chi connectivity index (χ4v) is 3.55. The number of likely N-dealkylation sites (tertiary alicyclic amines) is 1. The summed E-state index contributed by atoms with van der Waals surface area (Å²) in [6.45, 7) is 1.90. The van der Waals surface area contributed by atoms with E-state index in [1.54, 1.807) is 12.1 Å². The molecule has 2 amide bonds. The summed E-state index contributed by atoms with van der Waals surface area (Å²) in [5.74, 6) is 1.18. The molecular formula is C20H22N2O5. The Bertz CT molecular complexity index is 818. The highest BCUT2D eigenvalue weighted by atomic mass is 16.5. The number of carbonyl (C=O) groups excluding carboxylic acids is 2. The molecule has 0 aliphatic carbocycles. The van der Waals surface area contributed by atoms with Crippen molar-refractivity contribution in [2.75, 3.05) is 26.3 Å². The van der Waals surface area contributed by atoms with Crippen LogP contribution in [-0.2, 0) is 4.79 Å². The number of nitrogens with one attached hydrogen (secondary N) is 1. The van der Waals surface area contributed by atoms with Crippen LogP contribution in [0.25, 0.3) is 0 Å². The third-order valence-corrected chi connectivity index (χ3v) is 4.87. The van der Waals surface area contributed by atoms with Gasteiger partial charge in [-0.15, -0.1) is 0 Å². The number of ether oxygens (including phenoxy) is 2. The summed E-state index contributed by atoms with van der Waals surface area (Å²) in [6, 6.07) is 9.06. The topological polar surface area (TPSA) is 81.0 Å². The molecular weight excluding hydrogens is 348 g/mol. The van der Waals surface area contributed by atoms with E-state index in [1.807, 2.05) is 23.1 Å². The van der Waals surface area contributed by atoms with Crippen molar-refractivity contribution in [2.24, 2.45) is 0 Å². The number of furan rings is 1. The van der Waals surface area contributed by atoms with Crippen molar-refractivity contribution in [3.8, 4) is 11.5 Å². The van der Waals surface area contributed by atoms with Crippen LogP contribution in [0.5, 0.6) is 11.5 Å². The van der Waals surface area contributed by atoms with Gasteiger partial charge in [0.2, 0.25) is 5.91 Å². The summed E-state index contributed by atoms with van der Waals surface area (Å²) in [5, 5.41) is 2.62. The molecule has 1 aromatic carbocycles. The second-order valence-electron chi connectivity index (χ2n) is 6.66. The van der Waals surface area contributed by atoms with Crippen LogP contribution < -0.4 is 14.8 Å². The average Bonchev–Trinajstić information content (AvgIpc) is 3.34. The molecule has 7 nitrogen and oxygen atoms in total. The van der Waals surface area contributed by atoms with E-state index in [0.717, 1.165) is 36.3 Å². The van der Waals surface area contributed by atoms with Crippen LogP contribution >= 0.6 is 0 Å². The minimum atomic E-state index is -0.389. The van der Waals surface area contributed by atoms with Gasteiger partial charge in [-0.05, 0) is 42.7 Å². The van der Waals surface area contributed by atoms with E-state index in [2.05, 4.69) is 5.32 Å². The number of carbonyl (C=O) groups is 2. The van der Waals surface area contributed by atoms with Crippen molar-refractivity contribution in [3.63, 3.8) is 0 Å². The number of fused-ring (bicyclic) bond motifs is 1. The maximum atomic E-state index is 12.7. The van der Waals surface area contributed by atoms with Crippen molar-refractivity contribution in [2.45, 2.75) is 25.3 Å². The first kappa shape index (κ1) is 17.5. The van der Waals surface area contributed by atoms with Crippen molar-refractivity contribution in [3.05, 3.63) is 47.9 Å². The number of rotatable bonds is 4. The van der Waals surface area contributed by atoms with Gasteiger partial charge in [0.1, 0.15) is 0 Å². The predicted octanol–water partition coefficient (Wildman–Crippen LogP) is 2.53. The first-order chi connectivity index (χ1) is 13.2. The van der Waals surface area contributed by atoms with Gasteiger partial charge in [0.05, 0.1) is 32.1 Å². The van der Waals surface area contributed by atoms with Crippen LogP contribution in [0.2, 0.25) is 0 Å². The van der Waals surface area contributed by atoms with Crippen LogP contribution in [-0.4, -0.2) is 43.0 Å². The minimum absolute atomic E-state index is 0.0184. The third kappa shape index (κ3) is 3.77. The van der Waals surface area contributed by atoms with Crippen LogP contribution in [0.4, 0.5) is 0 Å². The van der Waals surface area contributed by atoms with E-state index in [0.29, 0.717) is 19.8 Å². The Labute approximate surface area is 157 Å². The van der Waals surface area contributed by atoms with Gasteiger partial charge >= 0.3 is 0 Å². The Hall–Kier alpha value is -2.96. The Kier molecular flexibility index (Phi) is 5.00. The predicted molar refractivity (Wildman–Crippen MR) is 96.8 cm³/mol. The molecule has 3 heterocycles. The largest absolute Gasteiger partial charge is 0.490 e. The number of nitrogens with zero attached hydrogens (tertiary/aromatic N) is 1. The molecule has 1 N–H and O–H groups in total. The fourth-order valence-electron chi connectivity index (χ4n) is 3.55. The zero-order chi connectivity index (χ0) is 18.6. The molecule has 0 unspecified atom stereocenters. The Morgan fingerprint density at radius 3 is 2.78 bits per heavy atom. The second-order valence-corrected chi connectivity index (χ2v) is 6.66. The van der Waals surface area contributed by atoms with Crippen molar-refractivity contribution < 1.29 is 23.5 Å². The van der Waals surface area contributed by atoms with Gasteiger partial charge in [-0.2, -0.15) is 0 Å². The number of benzene rings is 1. The van der Waals surface area contributed by atoms with E-state index in [9.17, 15) is 9.59 Å². The molecule has 2 aromatic rings. The van der Waals surface area contributed by atoms with E-state index in [4.69, 9.17) is 13.9 Å². The molecule has 1 saturated heterocycles. The highest BCUT2D eigenvalue weighted by Crippen LogP contribution is 2.37. The molecule has 2 aliphatic heterocycles. The molecule has 0 spiro atoms. The van der Waals surface area contributed by atoms with Crippen LogP contribution in [0.3, 0.4) is 0 Å².